The summed E-state index contributed by atoms with van der Waals surface area (Å²) in [6.07, 6.45) is 3.09. The van der Waals surface area contributed by atoms with E-state index in [4.69, 9.17) is 4.74 Å². The van der Waals surface area contributed by atoms with Crippen LogP contribution in [-0.2, 0) is 9.53 Å². The summed E-state index contributed by atoms with van der Waals surface area (Å²) in [4.78, 5) is 14.7. The molecule has 1 heterocycles. The van der Waals surface area contributed by atoms with Crippen molar-refractivity contribution in [2.45, 2.75) is 45.3 Å². The summed E-state index contributed by atoms with van der Waals surface area (Å²) in [5, 5.41) is 3.48. The molecule has 4 nitrogen and oxygen atoms in total. The molecule has 2 rings (SSSR count). The highest BCUT2D eigenvalue weighted by atomic mass is 16.5. The van der Waals surface area contributed by atoms with E-state index in [0.717, 1.165) is 44.6 Å². The molecule has 116 valence electrons. The smallest absolute Gasteiger partial charge is 0.245 e. The zero-order chi connectivity index (χ0) is 15.1. The molecule has 0 aliphatic carbocycles. The molecular weight excluding hydrogens is 264 g/mol. The molecule has 1 aromatic carbocycles. The third-order valence-electron chi connectivity index (χ3n) is 3.85. The van der Waals surface area contributed by atoms with Crippen molar-refractivity contribution in [3.05, 3.63) is 35.9 Å². The number of hydrogen-bond donors (Lipinski definition) is 1. The van der Waals surface area contributed by atoms with Gasteiger partial charge < -0.3 is 9.64 Å². The van der Waals surface area contributed by atoms with Crippen molar-refractivity contribution in [1.82, 2.24) is 10.2 Å². The molecule has 21 heavy (non-hydrogen) atoms. The Bertz CT molecular complexity index is 436. The first-order chi connectivity index (χ1) is 10.3. The molecule has 1 amide bonds. The molecule has 1 fully saturated rings. The minimum absolute atomic E-state index is 0.148. The van der Waals surface area contributed by atoms with E-state index in [0.29, 0.717) is 0 Å². The lowest BCUT2D eigenvalue weighted by molar-refractivity contribution is -0.130. The highest BCUT2D eigenvalue weighted by Crippen LogP contribution is 2.26. The van der Waals surface area contributed by atoms with Crippen molar-refractivity contribution in [3.8, 4) is 0 Å². The second-order valence-electron chi connectivity index (χ2n) is 5.40. The van der Waals surface area contributed by atoms with Crippen molar-refractivity contribution in [3.63, 3.8) is 0 Å². The van der Waals surface area contributed by atoms with Crippen molar-refractivity contribution in [2.75, 3.05) is 19.8 Å². The Labute approximate surface area is 127 Å². The summed E-state index contributed by atoms with van der Waals surface area (Å²) in [6, 6.07) is 9.78. The molecule has 1 N–H and O–H groups in total. The van der Waals surface area contributed by atoms with Crippen LogP contribution < -0.4 is 5.32 Å². The van der Waals surface area contributed by atoms with E-state index in [9.17, 15) is 4.79 Å². The molecule has 1 aromatic rings. The van der Waals surface area contributed by atoms with Crippen molar-refractivity contribution in [1.29, 1.82) is 0 Å². The fraction of sp³-hybridized carbons (Fsp3) is 0.588. The Kier molecular flexibility index (Phi) is 6.21. The largest absolute Gasteiger partial charge is 0.382 e. The van der Waals surface area contributed by atoms with Crippen molar-refractivity contribution in [2.24, 2.45) is 0 Å². The molecule has 1 aliphatic heterocycles. The second kappa shape index (κ2) is 8.15. The lowest BCUT2D eigenvalue weighted by Crippen LogP contribution is -2.38. The zero-order valence-electron chi connectivity index (χ0n) is 13.0. The van der Waals surface area contributed by atoms with E-state index >= 15 is 0 Å². The Morgan fingerprint density at radius 1 is 1.24 bits per heavy atom. The highest BCUT2D eigenvalue weighted by molar-refractivity contribution is 5.85. The lowest BCUT2D eigenvalue weighted by Gasteiger charge is -2.23. The SMILES string of the molecule is CCCC1NC(c2ccccc2)C(=O)N1CCCOCC. The standard InChI is InChI=1S/C17H26N2O2/c1-3-9-15-18-16(14-10-6-5-7-11-14)17(20)19(15)12-8-13-21-4-2/h5-7,10-11,15-16,18H,3-4,8-9,12-13H2,1-2H3. The Balaban J connectivity index is 2.02. The lowest BCUT2D eigenvalue weighted by atomic mass is 10.1. The van der Waals surface area contributed by atoms with E-state index in [1.54, 1.807) is 0 Å². The number of nitrogens with zero attached hydrogens (tertiary/aromatic N) is 1. The maximum atomic E-state index is 12.7. The molecule has 0 bridgehead atoms. The van der Waals surface area contributed by atoms with Crippen molar-refractivity contribution < 1.29 is 9.53 Å². The summed E-state index contributed by atoms with van der Waals surface area (Å²) in [7, 11) is 0. The first-order valence-corrected chi connectivity index (χ1v) is 7.97. The minimum Gasteiger partial charge on any atom is -0.382 e. The van der Waals surface area contributed by atoms with Gasteiger partial charge in [-0.1, -0.05) is 43.7 Å². The van der Waals surface area contributed by atoms with Gasteiger partial charge in [-0.2, -0.15) is 0 Å². The predicted molar refractivity (Wildman–Crippen MR) is 83.8 cm³/mol. The monoisotopic (exact) mass is 290 g/mol. The van der Waals surface area contributed by atoms with Gasteiger partial charge in [-0.05, 0) is 25.3 Å². The van der Waals surface area contributed by atoms with Gasteiger partial charge in [0.1, 0.15) is 6.04 Å². The Morgan fingerprint density at radius 3 is 2.67 bits per heavy atom. The molecule has 0 aromatic heterocycles. The Morgan fingerprint density at radius 2 is 2.00 bits per heavy atom. The number of rotatable bonds is 8. The van der Waals surface area contributed by atoms with Crippen molar-refractivity contribution >= 4 is 5.91 Å². The topological polar surface area (TPSA) is 41.6 Å². The molecule has 0 saturated carbocycles. The first-order valence-electron chi connectivity index (χ1n) is 7.97. The van der Waals surface area contributed by atoms with Crippen LogP contribution in [-0.4, -0.2) is 36.7 Å². The number of nitrogens with one attached hydrogen (secondary N) is 1. The molecule has 2 unspecified atom stereocenters. The maximum absolute atomic E-state index is 12.7. The van der Waals surface area contributed by atoms with Crippen LogP contribution in [0.2, 0.25) is 0 Å². The fourth-order valence-electron chi connectivity index (χ4n) is 2.82. The number of carbonyl (C=O) groups is 1. The van der Waals surface area contributed by atoms with Gasteiger partial charge in [-0.3, -0.25) is 10.1 Å². The number of hydrogen-bond acceptors (Lipinski definition) is 3. The second-order valence-corrected chi connectivity index (χ2v) is 5.40. The van der Waals surface area contributed by atoms with E-state index in [1.807, 2.05) is 42.2 Å². The van der Waals surface area contributed by atoms with Crippen LogP contribution in [0.1, 0.15) is 44.7 Å². The molecule has 0 spiro atoms. The van der Waals surface area contributed by atoms with Crippen LogP contribution in [0.5, 0.6) is 0 Å². The van der Waals surface area contributed by atoms with Crippen LogP contribution in [0.15, 0.2) is 30.3 Å². The molecule has 4 heteroatoms. The van der Waals surface area contributed by atoms with E-state index in [1.165, 1.54) is 0 Å². The minimum atomic E-state index is -0.199. The third kappa shape index (κ3) is 4.05. The molecule has 1 saturated heterocycles. The van der Waals surface area contributed by atoms with Crippen LogP contribution in [0.3, 0.4) is 0 Å². The van der Waals surface area contributed by atoms with Crippen LogP contribution in [0.4, 0.5) is 0 Å². The molecule has 0 radical (unpaired) electrons. The van der Waals surface area contributed by atoms with Gasteiger partial charge in [0.15, 0.2) is 0 Å². The van der Waals surface area contributed by atoms with Gasteiger partial charge >= 0.3 is 0 Å². The van der Waals surface area contributed by atoms with Crippen LogP contribution in [0.25, 0.3) is 0 Å². The van der Waals surface area contributed by atoms with Gasteiger partial charge in [-0.15, -0.1) is 0 Å². The van der Waals surface area contributed by atoms with Crippen LogP contribution in [0, 0.1) is 0 Å². The predicted octanol–water partition coefficient (Wildman–Crippen LogP) is 2.71. The van der Waals surface area contributed by atoms with Gasteiger partial charge in [0.25, 0.3) is 0 Å². The molecular formula is C17H26N2O2. The number of amides is 1. The number of carbonyl (C=O) groups excluding carboxylic acids is 1. The maximum Gasteiger partial charge on any atom is 0.245 e. The Hall–Kier alpha value is -1.39. The van der Waals surface area contributed by atoms with E-state index in [2.05, 4.69) is 12.2 Å². The fourth-order valence-corrected chi connectivity index (χ4v) is 2.82. The summed E-state index contributed by atoms with van der Waals surface area (Å²) < 4.78 is 5.38. The average molecular weight is 290 g/mol. The summed E-state index contributed by atoms with van der Waals surface area (Å²) in [5.74, 6) is 0.191. The third-order valence-corrected chi connectivity index (χ3v) is 3.85. The van der Waals surface area contributed by atoms with E-state index < -0.39 is 0 Å². The summed E-state index contributed by atoms with van der Waals surface area (Å²) in [6.45, 7) is 6.36. The number of benzene rings is 1. The van der Waals surface area contributed by atoms with Gasteiger partial charge in [0.05, 0.1) is 6.17 Å². The zero-order valence-corrected chi connectivity index (χ0v) is 13.0. The first kappa shape index (κ1) is 16.0. The van der Waals surface area contributed by atoms with Gasteiger partial charge in [0.2, 0.25) is 5.91 Å². The molecule has 2 atom stereocenters. The molecule has 1 aliphatic rings. The van der Waals surface area contributed by atoms with Crippen LogP contribution >= 0.6 is 0 Å². The quantitative estimate of drug-likeness (QED) is 0.749. The van der Waals surface area contributed by atoms with Gasteiger partial charge in [-0.25, -0.2) is 0 Å². The summed E-state index contributed by atoms with van der Waals surface area (Å²) in [5.41, 5.74) is 1.05. The normalized spacial score (nSPS) is 22.0. The highest BCUT2D eigenvalue weighted by Gasteiger charge is 2.38. The average Bonchev–Trinajstić information content (AvgIpc) is 2.82. The van der Waals surface area contributed by atoms with E-state index in [-0.39, 0.29) is 18.1 Å². The van der Waals surface area contributed by atoms with Gasteiger partial charge in [0, 0.05) is 19.8 Å². The number of ether oxygens (including phenoxy) is 1. The summed E-state index contributed by atoms with van der Waals surface area (Å²) >= 11 is 0.